The molecule has 0 radical (unpaired) electrons. The van der Waals surface area contributed by atoms with Gasteiger partial charge in [-0.05, 0) is 54.8 Å². The molecule has 0 spiro atoms. The highest BCUT2D eigenvalue weighted by atomic mass is 16.5. The highest BCUT2D eigenvalue weighted by Crippen LogP contribution is 2.30. The third-order valence-electron chi connectivity index (χ3n) is 5.98. The Labute approximate surface area is 182 Å². The van der Waals surface area contributed by atoms with Crippen LogP contribution in [-0.2, 0) is 11.2 Å². The van der Waals surface area contributed by atoms with Gasteiger partial charge in [-0.1, -0.05) is 12.1 Å². The van der Waals surface area contributed by atoms with Gasteiger partial charge in [0, 0.05) is 42.3 Å². The first-order chi connectivity index (χ1) is 15.2. The Morgan fingerprint density at radius 2 is 1.77 bits per heavy atom. The Kier molecular flexibility index (Phi) is 5.30. The van der Waals surface area contributed by atoms with Crippen LogP contribution >= 0.6 is 0 Å². The van der Waals surface area contributed by atoms with Crippen LogP contribution in [-0.4, -0.2) is 46.2 Å². The van der Waals surface area contributed by atoms with E-state index in [0.717, 1.165) is 66.1 Å². The number of hydrogen-bond acceptors (Lipinski definition) is 6. The topological polar surface area (TPSA) is 64.0 Å². The lowest BCUT2D eigenvalue weighted by molar-refractivity contribution is 0.122. The summed E-state index contributed by atoms with van der Waals surface area (Å²) in [6.07, 6.45) is 5.92. The first-order valence-electron chi connectivity index (χ1n) is 10.6. The van der Waals surface area contributed by atoms with E-state index in [9.17, 15) is 0 Å². The number of ether oxygens (including phenoxy) is 1. The molecule has 31 heavy (non-hydrogen) atoms. The number of anilines is 1. The minimum absolute atomic E-state index is 0.769. The zero-order chi connectivity index (χ0) is 21.2. The van der Waals surface area contributed by atoms with Gasteiger partial charge in [0.25, 0.3) is 0 Å². The second kappa shape index (κ2) is 8.40. The molecule has 3 heterocycles. The molecule has 0 amide bonds. The van der Waals surface area contributed by atoms with Crippen LogP contribution in [0.4, 0.5) is 5.69 Å². The fraction of sp³-hybridized carbons (Fsp3) is 0.280. The van der Waals surface area contributed by atoms with E-state index in [-0.39, 0.29) is 0 Å². The molecule has 1 fully saturated rings. The van der Waals surface area contributed by atoms with E-state index in [2.05, 4.69) is 75.1 Å². The largest absolute Gasteiger partial charge is 0.378 e. The number of morpholine rings is 1. The predicted octanol–water partition coefficient (Wildman–Crippen LogP) is 4.13. The second-order valence-electron chi connectivity index (χ2n) is 7.99. The van der Waals surface area contributed by atoms with Crippen LogP contribution in [0, 0.1) is 13.8 Å². The van der Waals surface area contributed by atoms with Gasteiger partial charge in [0.2, 0.25) is 0 Å². The van der Waals surface area contributed by atoms with Gasteiger partial charge in [0.05, 0.1) is 30.1 Å². The van der Waals surface area contributed by atoms with Crippen molar-refractivity contribution >= 4 is 16.6 Å². The van der Waals surface area contributed by atoms with E-state index in [1.54, 1.807) is 12.7 Å². The summed E-state index contributed by atoms with van der Waals surface area (Å²) in [7, 11) is 0. The van der Waals surface area contributed by atoms with Crippen molar-refractivity contribution in [3.05, 3.63) is 77.6 Å². The maximum absolute atomic E-state index is 5.48. The van der Waals surface area contributed by atoms with Gasteiger partial charge in [0.15, 0.2) is 0 Å². The van der Waals surface area contributed by atoms with Crippen molar-refractivity contribution in [3.63, 3.8) is 0 Å². The van der Waals surface area contributed by atoms with Crippen molar-refractivity contribution in [3.8, 4) is 11.3 Å². The minimum atomic E-state index is 0.769. The summed E-state index contributed by atoms with van der Waals surface area (Å²) in [6, 6.07) is 13.0. The van der Waals surface area contributed by atoms with Crippen molar-refractivity contribution in [1.29, 1.82) is 0 Å². The molecule has 0 unspecified atom stereocenters. The molecule has 2 aromatic heterocycles. The summed E-state index contributed by atoms with van der Waals surface area (Å²) < 4.78 is 5.48. The summed E-state index contributed by atoms with van der Waals surface area (Å²) in [5.41, 5.74) is 8.85. The number of aromatic nitrogens is 4. The number of aryl methyl sites for hydroxylation is 2. The summed E-state index contributed by atoms with van der Waals surface area (Å²) in [5.74, 6) is 0. The average molecular weight is 412 g/mol. The highest BCUT2D eigenvalue weighted by molar-refractivity contribution is 5.94. The molecule has 4 aromatic rings. The van der Waals surface area contributed by atoms with Crippen molar-refractivity contribution in [2.75, 3.05) is 31.2 Å². The number of rotatable bonds is 4. The van der Waals surface area contributed by atoms with Gasteiger partial charge in [-0.2, -0.15) is 0 Å². The zero-order valence-electron chi connectivity index (χ0n) is 17.9. The quantitative estimate of drug-likeness (QED) is 0.503. The molecule has 1 aliphatic rings. The molecular weight excluding hydrogens is 386 g/mol. The van der Waals surface area contributed by atoms with E-state index in [1.807, 2.05) is 6.20 Å². The van der Waals surface area contributed by atoms with Gasteiger partial charge < -0.3 is 9.64 Å². The number of fused-ring (bicyclic) bond motifs is 1. The Hall–Kier alpha value is -3.38. The molecule has 0 aliphatic carbocycles. The summed E-state index contributed by atoms with van der Waals surface area (Å²) in [4.78, 5) is 20.1. The van der Waals surface area contributed by atoms with Crippen molar-refractivity contribution in [1.82, 2.24) is 19.9 Å². The lowest BCUT2D eigenvalue weighted by atomic mass is 9.97. The first-order valence-corrected chi connectivity index (χ1v) is 10.6. The summed E-state index contributed by atoms with van der Waals surface area (Å²) in [6.45, 7) is 7.55. The Morgan fingerprint density at radius 3 is 2.61 bits per heavy atom. The molecule has 2 aromatic carbocycles. The number of hydrogen-bond donors (Lipinski definition) is 0. The molecule has 0 atom stereocenters. The molecule has 0 N–H and O–H groups in total. The Balaban J connectivity index is 1.52. The van der Waals surface area contributed by atoms with Crippen LogP contribution in [0.5, 0.6) is 0 Å². The molecule has 1 aliphatic heterocycles. The van der Waals surface area contributed by atoms with Gasteiger partial charge in [-0.25, -0.2) is 19.9 Å². The first kappa shape index (κ1) is 19.6. The molecule has 6 heteroatoms. The average Bonchev–Trinajstić information content (AvgIpc) is 2.82. The third-order valence-corrected chi connectivity index (χ3v) is 5.98. The van der Waals surface area contributed by atoms with Gasteiger partial charge in [0.1, 0.15) is 12.7 Å². The van der Waals surface area contributed by atoms with Crippen LogP contribution < -0.4 is 4.90 Å². The molecular formula is C25H25N5O. The second-order valence-corrected chi connectivity index (χ2v) is 7.99. The maximum Gasteiger partial charge on any atom is 0.116 e. The van der Waals surface area contributed by atoms with Crippen LogP contribution in [0.3, 0.4) is 0 Å². The molecule has 5 rings (SSSR count). The molecule has 156 valence electrons. The zero-order valence-corrected chi connectivity index (χ0v) is 17.9. The monoisotopic (exact) mass is 411 g/mol. The lowest BCUT2D eigenvalue weighted by Gasteiger charge is -2.29. The van der Waals surface area contributed by atoms with Crippen LogP contribution in [0.15, 0.2) is 55.2 Å². The minimum Gasteiger partial charge on any atom is -0.378 e. The van der Waals surface area contributed by atoms with E-state index in [0.29, 0.717) is 0 Å². The van der Waals surface area contributed by atoms with Crippen molar-refractivity contribution < 1.29 is 4.74 Å². The van der Waals surface area contributed by atoms with E-state index in [4.69, 9.17) is 4.74 Å². The third kappa shape index (κ3) is 3.99. The number of nitrogens with zero attached hydrogens (tertiary/aromatic N) is 5. The normalized spacial score (nSPS) is 14.2. The van der Waals surface area contributed by atoms with Crippen molar-refractivity contribution in [2.45, 2.75) is 20.3 Å². The van der Waals surface area contributed by atoms with Gasteiger partial charge >= 0.3 is 0 Å². The van der Waals surface area contributed by atoms with Gasteiger partial charge in [-0.3, -0.25) is 0 Å². The Morgan fingerprint density at radius 1 is 0.903 bits per heavy atom. The summed E-state index contributed by atoms with van der Waals surface area (Å²) >= 11 is 0. The summed E-state index contributed by atoms with van der Waals surface area (Å²) in [5, 5.41) is 1.06. The van der Waals surface area contributed by atoms with Crippen LogP contribution in [0.1, 0.15) is 22.4 Å². The molecule has 6 nitrogen and oxygen atoms in total. The fourth-order valence-electron chi connectivity index (χ4n) is 4.09. The van der Waals surface area contributed by atoms with Gasteiger partial charge in [-0.15, -0.1) is 0 Å². The molecule has 0 saturated carbocycles. The van der Waals surface area contributed by atoms with E-state index < -0.39 is 0 Å². The maximum atomic E-state index is 5.48. The van der Waals surface area contributed by atoms with Crippen LogP contribution in [0.2, 0.25) is 0 Å². The molecule has 0 bridgehead atoms. The number of benzene rings is 2. The Bertz CT molecular complexity index is 1230. The predicted molar refractivity (Wildman–Crippen MR) is 122 cm³/mol. The van der Waals surface area contributed by atoms with Crippen molar-refractivity contribution in [2.24, 2.45) is 0 Å². The molecule has 1 saturated heterocycles. The fourth-order valence-corrected chi connectivity index (χ4v) is 4.09. The van der Waals surface area contributed by atoms with E-state index in [1.165, 1.54) is 16.8 Å². The lowest BCUT2D eigenvalue weighted by Crippen LogP contribution is -2.36. The van der Waals surface area contributed by atoms with Crippen LogP contribution in [0.25, 0.3) is 22.2 Å². The standard InChI is InChI=1S/C25H25N5O/c1-17-3-4-19(11-20(17)12-23-18(2)14-26-15-27-23)25-22-6-5-21(13-24(22)28-16-29-25)30-7-9-31-10-8-30/h3-6,11,13-16H,7-10,12H2,1-2H3. The van der Waals surface area contributed by atoms with E-state index >= 15 is 0 Å². The SMILES string of the molecule is Cc1ccc(-c2ncnc3cc(N4CCOCC4)ccc23)cc1Cc1ncncc1C. The smallest absolute Gasteiger partial charge is 0.116 e. The highest BCUT2D eigenvalue weighted by Gasteiger charge is 2.14.